The minimum atomic E-state index is -0.634. The van der Waals surface area contributed by atoms with E-state index in [1.54, 1.807) is 13.1 Å². The quantitative estimate of drug-likeness (QED) is 0.536. The first-order chi connectivity index (χ1) is 6.19. The normalized spacial score (nSPS) is 8.92. The Labute approximate surface area is 74.0 Å². The van der Waals surface area contributed by atoms with Gasteiger partial charge in [0, 0.05) is 13.1 Å². The Morgan fingerprint density at radius 2 is 2.38 bits per heavy atom. The molecule has 0 unspecified atom stereocenters. The van der Waals surface area contributed by atoms with E-state index in [4.69, 9.17) is 5.26 Å². The van der Waals surface area contributed by atoms with Crippen molar-refractivity contribution in [2.45, 2.75) is 0 Å². The summed E-state index contributed by atoms with van der Waals surface area (Å²) in [4.78, 5) is 13.5. The largest absolute Gasteiger partial charge is 0.373 e. The van der Waals surface area contributed by atoms with Crippen molar-refractivity contribution in [2.24, 2.45) is 0 Å². The van der Waals surface area contributed by atoms with Crippen LogP contribution in [-0.2, 0) is 0 Å². The topological polar surface area (TPSA) is 91.9 Å². The third kappa shape index (κ3) is 1.70. The second kappa shape index (κ2) is 3.49. The minimum absolute atomic E-state index is 0.183. The van der Waals surface area contributed by atoms with Crippen molar-refractivity contribution in [2.75, 3.05) is 12.4 Å². The number of hydrogen-bond donors (Lipinski definition) is 1. The van der Waals surface area contributed by atoms with Gasteiger partial charge in [0.2, 0.25) is 5.69 Å². The first kappa shape index (κ1) is 8.93. The molecule has 0 saturated heterocycles. The van der Waals surface area contributed by atoms with Crippen LogP contribution >= 0.6 is 0 Å². The number of pyridine rings is 1. The maximum atomic E-state index is 10.4. The van der Waals surface area contributed by atoms with Gasteiger partial charge in [0.1, 0.15) is 11.9 Å². The molecule has 0 spiro atoms. The Hall–Kier alpha value is -2.16. The van der Waals surface area contributed by atoms with E-state index in [9.17, 15) is 10.1 Å². The van der Waals surface area contributed by atoms with Gasteiger partial charge in [-0.05, 0) is 6.07 Å². The van der Waals surface area contributed by atoms with Gasteiger partial charge in [0.25, 0.3) is 0 Å². The van der Waals surface area contributed by atoms with Gasteiger partial charge in [0.05, 0.1) is 4.92 Å². The summed E-state index contributed by atoms with van der Waals surface area (Å²) in [5, 5.41) is 21.6. The van der Waals surface area contributed by atoms with Gasteiger partial charge < -0.3 is 5.32 Å². The molecule has 0 bridgehead atoms. The zero-order valence-electron chi connectivity index (χ0n) is 6.81. The molecule has 0 radical (unpaired) electrons. The second-order valence-electron chi connectivity index (χ2n) is 2.18. The predicted molar refractivity (Wildman–Crippen MR) is 45.2 cm³/mol. The van der Waals surface area contributed by atoms with Crippen LogP contribution in [-0.4, -0.2) is 17.0 Å². The lowest BCUT2D eigenvalue weighted by Crippen LogP contribution is -1.98. The van der Waals surface area contributed by atoms with Crippen LogP contribution in [0.25, 0.3) is 0 Å². The number of nitriles is 1. The Morgan fingerprint density at radius 1 is 1.69 bits per heavy atom. The van der Waals surface area contributed by atoms with Crippen LogP contribution in [0.2, 0.25) is 0 Å². The van der Waals surface area contributed by atoms with E-state index in [-0.39, 0.29) is 11.4 Å². The molecule has 0 aliphatic carbocycles. The summed E-state index contributed by atoms with van der Waals surface area (Å²) in [7, 11) is 1.62. The van der Waals surface area contributed by atoms with Gasteiger partial charge in [0.15, 0.2) is 0 Å². The zero-order chi connectivity index (χ0) is 9.84. The van der Waals surface area contributed by atoms with E-state index in [0.29, 0.717) is 5.82 Å². The maximum Gasteiger partial charge on any atom is 0.305 e. The Balaban J connectivity index is 3.26. The number of nitrogens with zero attached hydrogens (tertiary/aromatic N) is 3. The number of rotatable bonds is 2. The van der Waals surface area contributed by atoms with E-state index >= 15 is 0 Å². The Bertz CT molecular complexity index is 383. The summed E-state index contributed by atoms with van der Waals surface area (Å²) in [5.41, 5.74) is -0.460. The molecule has 0 amide bonds. The molecular formula is C7H6N4O2. The van der Waals surface area contributed by atoms with E-state index in [1.807, 2.05) is 0 Å². The lowest BCUT2D eigenvalue weighted by molar-refractivity contribution is -0.385. The van der Waals surface area contributed by atoms with Crippen molar-refractivity contribution in [3.63, 3.8) is 0 Å². The molecule has 6 heteroatoms. The van der Waals surface area contributed by atoms with Gasteiger partial charge in [-0.2, -0.15) is 5.26 Å². The molecule has 0 saturated carbocycles. The summed E-state index contributed by atoms with van der Waals surface area (Å²) in [6.07, 6.45) is 0. The molecule has 1 heterocycles. The zero-order valence-corrected chi connectivity index (χ0v) is 6.81. The van der Waals surface area contributed by atoms with E-state index in [0.717, 1.165) is 0 Å². The van der Waals surface area contributed by atoms with Crippen molar-refractivity contribution in [1.29, 1.82) is 5.26 Å². The lowest BCUT2D eigenvalue weighted by atomic mass is 10.3. The molecule has 1 rings (SSSR count). The number of nitrogens with one attached hydrogen (secondary N) is 1. The molecule has 66 valence electrons. The molecule has 1 aromatic rings. The highest BCUT2D eigenvalue weighted by Gasteiger charge is 2.14. The summed E-state index contributed by atoms with van der Waals surface area (Å²) in [6, 6.07) is 4.35. The molecule has 0 aliphatic heterocycles. The van der Waals surface area contributed by atoms with Crippen LogP contribution in [0.3, 0.4) is 0 Å². The fourth-order valence-corrected chi connectivity index (χ4v) is 0.821. The molecule has 0 aromatic carbocycles. The number of aromatic nitrogens is 1. The number of hydrogen-bond acceptors (Lipinski definition) is 5. The van der Waals surface area contributed by atoms with Crippen molar-refractivity contribution < 1.29 is 4.92 Å². The molecule has 0 fully saturated rings. The number of nitro groups is 1. The highest BCUT2D eigenvalue weighted by Crippen LogP contribution is 2.17. The summed E-state index contributed by atoms with van der Waals surface area (Å²) >= 11 is 0. The van der Waals surface area contributed by atoms with E-state index < -0.39 is 4.92 Å². The highest BCUT2D eigenvalue weighted by atomic mass is 16.6. The number of anilines is 1. The van der Waals surface area contributed by atoms with Gasteiger partial charge in [-0.15, -0.1) is 0 Å². The average Bonchev–Trinajstić information content (AvgIpc) is 2.16. The van der Waals surface area contributed by atoms with Crippen molar-refractivity contribution in [1.82, 2.24) is 4.98 Å². The molecule has 6 nitrogen and oxygen atoms in total. The van der Waals surface area contributed by atoms with Gasteiger partial charge in [-0.25, -0.2) is 4.98 Å². The average molecular weight is 178 g/mol. The first-order valence-corrected chi connectivity index (χ1v) is 3.42. The SMILES string of the molecule is CNc1ccc([N+](=O)[O-])c(C#N)n1. The maximum absolute atomic E-state index is 10.4. The van der Waals surface area contributed by atoms with Crippen molar-refractivity contribution in [3.05, 3.63) is 27.9 Å². The molecule has 1 N–H and O–H groups in total. The lowest BCUT2D eigenvalue weighted by Gasteiger charge is -1.98. The fourth-order valence-electron chi connectivity index (χ4n) is 0.821. The van der Waals surface area contributed by atoms with E-state index in [1.165, 1.54) is 12.1 Å². The molecule has 0 atom stereocenters. The molecule has 1 aromatic heterocycles. The Morgan fingerprint density at radius 3 is 2.85 bits per heavy atom. The van der Waals surface area contributed by atoms with Crippen LogP contribution in [0.5, 0.6) is 0 Å². The fraction of sp³-hybridized carbons (Fsp3) is 0.143. The van der Waals surface area contributed by atoms with Crippen LogP contribution in [0.15, 0.2) is 12.1 Å². The van der Waals surface area contributed by atoms with Crippen molar-refractivity contribution in [3.8, 4) is 6.07 Å². The van der Waals surface area contributed by atoms with Gasteiger partial charge in [-0.1, -0.05) is 0 Å². The van der Waals surface area contributed by atoms with Crippen LogP contribution in [0.4, 0.5) is 11.5 Å². The summed E-state index contributed by atoms with van der Waals surface area (Å²) in [6.45, 7) is 0. The summed E-state index contributed by atoms with van der Waals surface area (Å²) < 4.78 is 0. The monoisotopic (exact) mass is 178 g/mol. The molecule has 0 aliphatic rings. The third-order valence-corrected chi connectivity index (χ3v) is 1.43. The van der Waals surface area contributed by atoms with Crippen LogP contribution in [0, 0.1) is 21.4 Å². The van der Waals surface area contributed by atoms with Gasteiger partial charge >= 0.3 is 5.69 Å². The molecular weight excluding hydrogens is 172 g/mol. The third-order valence-electron chi connectivity index (χ3n) is 1.43. The standard InChI is InChI=1S/C7H6N4O2/c1-9-7-3-2-6(11(12)13)5(4-8)10-7/h2-3H,1H3,(H,9,10). The predicted octanol–water partition coefficient (Wildman–Crippen LogP) is 0.903. The van der Waals surface area contributed by atoms with Crippen LogP contribution < -0.4 is 5.32 Å². The van der Waals surface area contributed by atoms with E-state index in [2.05, 4.69) is 10.3 Å². The smallest absolute Gasteiger partial charge is 0.305 e. The molecule has 13 heavy (non-hydrogen) atoms. The summed E-state index contributed by atoms with van der Waals surface area (Å²) in [5.74, 6) is 0.433. The highest BCUT2D eigenvalue weighted by molar-refractivity contribution is 5.49. The van der Waals surface area contributed by atoms with Crippen molar-refractivity contribution >= 4 is 11.5 Å². The minimum Gasteiger partial charge on any atom is -0.373 e. The second-order valence-corrected chi connectivity index (χ2v) is 2.18. The first-order valence-electron chi connectivity index (χ1n) is 3.42. The van der Waals surface area contributed by atoms with Crippen LogP contribution in [0.1, 0.15) is 5.69 Å². The van der Waals surface area contributed by atoms with Gasteiger partial charge in [-0.3, -0.25) is 10.1 Å². The Kier molecular flexibility index (Phi) is 2.40.